The molecule has 8 heteroatoms. The van der Waals surface area contributed by atoms with Crippen LogP contribution in [-0.4, -0.2) is 37.4 Å². The predicted octanol–water partition coefficient (Wildman–Crippen LogP) is 0.544. The van der Waals surface area contributed by atoms with Crippen LogP contribution in [-0.2, 0) is 20.6 Å². The number of hydrogen-bond donors (Lipinski definition) is 1. The average Bonchev–Trinajstić information content (AvgIpc) is 2.30. The molecule has 0 heterocycles. The van der Waals surface area contributed by atoms with Crippen molar-refractivity contribution in [2.24, 2.45) is 0 Å². The lowest BCUT2D eigenvalue weighted by Gasteiger charge is -2.15. The van der Waals surface area contributed by atoms with Gasteiger partial charge in [0.05, 0.1) is 17.4 Å². The topological polar surface area (TPSA) is 98.5 Å². The van der Waals surface area contributed by atoms with Crippen molar-refractivity contribution >= 4 is 16.0 Å². The zero-order chi connectivity index (χ0) is 14.6. The first-order chi connectivity index (χ1) is 8.76. The third kappa shape index (κ3) is 4.01. The summed E-state index contributed by atoms with van der Waals surface area (Å²) >= 11 is 0. The Morgan fingerprint density at radius 1 is 1.53 bits per heavy atom. The maximum Gasteiger partial charge on any atom is 0.318 e. The van der Waals surface area contributed by atoms with Crippen LogP contribution in [0.5, 0.6) is 0 Å². The van der Waals surface area contributed by atoms with Crippen molar-refractivity contribution in [1.82, 2.24) is 4.31 Å². The van der Waals surface area contributed by atoms with Crippen LogP contribution in [0.4, 0.5) is 4.39 Å². The van der Waals surface area contributed by atoms with Gasteiger partial charge in [-0.2, -0.15) is 9.57 Å². The van der Waals surface area contributed by atoms with Crippen LogP contribution < -0.4 is 0 Å². The number of carboxylic acid groups (broad SMARTS) is 1. The van der Waals surface area contributed by atoms with E-state index in [1.165, 1.54) is 6.07 Å². The molecule has 102 valence electrons. The molecule has 1 rings (SSSR count). The smallest absolute Gasteiger partial charge is 0.318 e. The SMILES string of the molecule is CN(CC(=O)O)S(=O)(=O)Cc1cc(C#N)ccc1F. The normalized spacial score (nSPS) is 11.3. The fourth-order valence-electron chi connectivity index (χ4n) is 1.35. The third-order valence-electron chi connectivity index (χ3n) is 2.35. The minimum Gasteiger partial charge on any atom is -0.480 e. The van der Waals surface area contributed by atoms with E-state index in [1.807, 2.05) is 0 Å². The summed E-state index contributed by atoms with van der Waals surface area (Å²) in [5.74, 6) is -2.76. The van der Waals surface area contributed by atoms with E-state index in [1.54, 1.807) is 6.07 Å². The number of nitrogens with zero attached hydrogens (tertiary/aromatic N) is 2. The molecule has 6 nitrogen and oxygen atoms in total. The Bertz CT molecular complexity index is 637. The number of benzene rings is 1. The molecule has 1 aromatic carbocycles. The molecule has 0 radical (unpaired) electrons. The molecule has 0 aromatic heterocycles. The molecule has 0 aliphatic rings. The van der Waals surface area contributed by atoms with Gasteiger partial charge in [-0.15, -0.1) is 0 Å². The Hall–Kier alpha value is -1.98. The van der Waals surface area contributed by atoms with Gasteiger partial charge in [0.2, 0.25) is 10.0 Å². The first-order valence-electron chi connectivity index (χ1n) is 5.10. The van der Waals surface area contributed by atoms with Crippen molar-refractivity contribution < 1.29 is 22.7 Å². The molecule has 0 amide bonds. The van der Waals surface area contributed by atoms with Gasteiger partial charge in [0.1, 0.15) is 12.4 Å². The largest absolute Gasteiger partial charge is 0.480 e. The van der Waals surface area contributed by atoms with E-state index in [4.69, 9.17) is 10.4 Å². The van der Waals surface area contributed by atoms with Crippen LogP contribution in [0.2, 0.25) is 0 Å². The van der Waals surface area contributed by atoms with E-state index in [-0.39, 0.29) is 11.1 Å². The minimum atomic E-state index is -3.95. The highest BCUT2D eigenvalue weighted by Gasteiger charge is 2.22. The minimum absolute atomic E-state index is 0.132. The summed E-state index contributed by atoms with van der Waals surface area (Å²) in [6, 6.07) is 5.13. The average molecular weight is 286 g/mol. The second-order valence-corrected chi connectivity index (χ2v) is 5.90. The molecule has 0 fully saturated rings. The number of nitriles is 1. The number of aliphatic carboxylic acids is 1. The molecule has 1 N–H and O–H groups in total. The predicted molar refractivity (Wildman–Crippen MR) is 64.0 cm³/mol. The zero-order valence-electron chi connectivity index (χ0n) is 10.00. The highest BCUT2D eigenvalue weighted by Crippen LogP contribution is 2.15. The lowest BCUT2D eigenvalue weighted by atomic mass is 10.1. The number of rotatable bonds is 5. The van der Waals surface area contributed by atoms with E-state index >= 15 is 0 Å². The van der Waals surface area contributed by atoms with E-state index in [9.17, 15) is 17.6 Å². The molecule has 19 heavy (non-hydrogen) atoms. The van der Waals surface area contributed by atoms with Gasteiger partial charge in [0.15, 0.2) is 0 Å². The molecule has 0 atom stereocenters. The number of sulfonamides is 1. The van der Waals surface area contributed by atoms with Crippen LogP contribution in [0.15, 0.2) is 18.2 Å². The van der Waals surface area contributed by atoms with Gasteiger partial charge in [-0.25, -0.2) is 12.8 Å². The van der Waals surface area contributed by atoms with Gasteiger partial charge in [-0.05, 0) is 18.2 Å². The van der Waals surface area contributed by atoms with E-state index in [0.717, 1.165) is 19.2 Å². The molecular weight excluding hydrogens is 275 g/mol. The second kappa shape index (κ2) is 5.77. The maximum atomic E-state index is 13.5. The van der Waals surface area contributed by atoms with E-state index < -0.39 is 34.1 Å². The summed E-state index contributed by atoms with van der Waals surface area (Å²) in [6.45, 7) is -0.706. The summed E-state index contributed by atoms with van der Waals surface area (Å²) < 4.78 is 37.7. The number of carboxylic acids is 1. The van der Waals surface area contributed by atoms with Crippen molar-refractivity contribution in [3.05, 3.63) is 35.1 Å². The third-order valence-corrected chi connectivity index (χ3v) is 4.10. The molecular formula is C11H11FN2O4S. The van der Waals surface area contributed by atoms with Crippen LogP contribution in [0, 0.1) is 17.1 Å². The Labute approximate surface area is 109 Å². The van der Waals surface area contributed by atoms with Gasteiger partial charge >= 0.3 is 5.97 Å². The molecule has 0 unspecified atom stereocenters. The molecule has 0 aliphatic carbocycles. The van der Waals surface area contributed by atoms with Crippen LogP contribution in [0.3, 0.4) is 0 Å². The maximum absolute atomic E-state index is 13.5. The molecule has 0 saturated heterocycles. The molecule has 1 aromatic rings. The van der Waals surface area contributed by atoms with Gasteiger partial charge in [0.25, 0.3) is 0 Å². The van der Waals surface area contributed by atoms with Crippen LogP contribution in [0.25, 0.3) is 0 Å². The number of hydrogen-bond acceptors (Lipinski definition) is 4. The van der Waals surface area contributed by atoms with E-state index in [2.05, 4.69) is 0 Å². The van der Waals surface area contributed by atoms with Crippen LogP contribution >= 0.6 is 0 Å². The van der Waals surface area contributed by atoms with E-state index in [0.29, 0.717) is 4.31 Å². The number of halogens is 1. The Balaban J connectivity index is 3.02. The summed E-state index contributed by atoms with van der Waals surface area (Å²) in [6.07, 6.45) is 0. The zero-order valence-corrected chi connectivity index (χ0v) is 10.8. The van der Waals surface area contributed by atoms with Crippen LogP contribution in [0.1, 0.15) is 11.1 Å². The highest BCUT2D eigenvalue weighted by atomic mass is 32.2. The van der Waals surface area contributed by atoms with Gasteiger partial charge in [0, 0.05) is 12.6 Å². The molecule has 0 saturated carbocycles. The number of carbonyl (C=O) groups is 1. The van der Waals surface area contributed by atoms with Crippen molar-refractivity contribution in [3.8, 4) is 6.07 Å². The molecule has 0 bridgehead atoms. The fraction of sp³-hybridized carbons (Fsp3) is 0.273. The quantitative estimate of drug-likeness (QED) is 0.852. The summed E-state index contributed by atoms with van der Waals surface area (Å²) in [4.78, 5) is 10.5. The lowest BCUT2D eigenvalue weighted by molar-refractivity contribution is -0.137. The summed E-state index contributed by atoms with van der Waals surface area (Å²) in [5, 5.41) is 17.2. The summed E-state index contributed by atoms with van der Waals surface area (Å²) in [7, 11) is -2.86. The van der Waals surface area contributed by atoms with Gasteiger partial charge < -0.3 is 5.11 Å². The lowest BCUT2D eigenvalue weighted by Crippen LogP contribution is -2.33. The van der Waals surface area contributed by atoms with Crippen molar-refractivity contribution in [2.45, 2.75) is 5.75 Å². The molecule has 0 spiro atoms. The first-order valence-corrected chi connectivity index (χ1v) is 6.71. The standard InChI is InChI=1S/C11H11FN2O4S/c1-14(6-11(15)16)19(17,18)7-9-4-8(5-13)2-3-10(9)12/h2-4H,6-7H2,1H3,(H,15,16). The van der Waals surface area contributed by atoms with Crippen molar-refractivity contribution in [2.75, 3.05) is 13.6 Å². The first kappa shape index (κ1) is 15.1. The van der Waals surface area contributed by atoms with Gasteiger partial charge in [-0.1, -0.05) is 0 Å². The van der Waals surface area contributed by atoms with Gasteiger partial charge in [-0.3, -0.25) is 4.79 Å². The molecule has 0 aliphatic heterocycles. The summed E-state index contributed by atoms with van der Waals surface area (Å²) in [5.41, 5.74) is -0.0382. The Morgan fingerprint density at radius 2 is 2.16 bits per heavy atom. The van der Waals surface area contributed by atoms with Crippen molar-refractivity contribution in [1.29, 1.82) is 5.26 Å². The highest BCUT2D eigenvalue weighted by molar-refractivity contribution is 7.88. The van der Waals surface area contributed by atoms with Crippen molar-refractivity contribution in [3.63, 3.8) is 0 Å². The fourth-order valence-corrected chi connectivity index (χ4v) is 2.49. The monoisotopic (exact) mass is 286 g/mol. The second-order valence-electron chi connectivity index (χ2n) is 3.82. The number of likely N-dealkylation sites (N-methyl/N-ethyl adjacent to an activating group) is 1. The Kier molecular flexibility index (Phi) is 4.58. The Morgan fingerprint density at radius 3 is 2.68 bits per heavy atom.